The third kappa shape index (κ3) is 2.65. The van der Waals surface area contributed by atoms with E-state index in [0.29, 0.717) is 13.0 Å². The first-order valence-corrected chi connectivity index (χ1v) is 3.21. The van der Waals surface area contributed by atoms with Crippen molar-refractivity contribution < 1.29 is 14.6 Å². The number of carbonyl (C=O) groups is 1. The third-order valence-electron chi connectivity index (χ3n) is 1.58. The van der Waals surface area contributed by atoms with Gasteiger partial charge in [0, 0.05) is 13.0 Å². The summed E-state index contributed by atoms with van der Waals surface area (Å²) in [6, 6.07) is -0.296. The summed E-state index contributed by atoms with van der Waals surface area (Å²) in [6.45, 7) is 0.545. The third-order valence-corrected chi connectivity index (χ3v) is 1.58. The molecule has 0 saturated carbocycles. The first-order valence-electron chi connectivity index (χ1n) is 3.62. The van der Waals surface area contributed by atoms with Gasteiger partial charge in [-0.1, -0.05) is 0 Å². The van der Waals surface area contributed by atoms with Crippen LogP contribution in [-0.2, 0) is 9.53 Å². The fraction of sp³-hybridized carbons (Fsp3) is 0.833. The van der Waals surface area contributed by atoms with Crippen LogP contribution in [0.15, 0.2) is 0 Å². The smallest absolute Gasteiger partial charge is 0.322 e. The number of aliphatic hydroxyl groups excluding tert-OH is 1. The van der Waals surface area contributed by atoms with Crippen molar-refractivity contribution >= 4 is 18.4 Å². The molecule has 0 spiro atoms. The van der Waals surface area contributed by atoms with Crippen LogP contribution < -0.4 is 5.32 Å². The fourth-order valence-corrected chi connectivity index (χ4v) is 1.03. The van der Waals surface area contributed by atoms with Crippen molar-refractivity contribution in [3.8, 4) is 0 Å². The minimum absolute atomic E-state index is 0. The second-order valence-electron chi connectivity index (χ2n) is 2.34. The first kappa shape index (κ1) is 8.77. The molecule has 0 radical (unpaired) electrons. The van der Waals surface area contributed by atoms with Gasteiger partial charge in [-0.3, -0.25) is 4.79 Å². The van der Waals surface area contributed by atoms with Crippen LogP contribution in [0.2, 0.25) is 0 Å². The molecule has 0 aliphatic carbocycles. The topological polar surface area (TPSA) is 58.6 Å². The Labute approximate surface area is 72.8 Å². The molecule has 2 N–H and O–H groups in total. The van der Waals surface area contributed by atoms with E-state index in [0.717, 1.165) is 0 Å². The van der Waals surface area contributed by atoms with E-state index >= 15 is 0 Å². The molecule has 1 saturated heterocycles. The van der Waals surface area contributed by atoms with Crippen LogP contribution in [0.5, 0.6) is 0 Å². The molecular weight excluding hydrogens is 170 g/mol. The molecule has 0 amide bonds. The van der Waals surface area contributed by atoms with Gasteiger partial charge in [-0.25, -0.2) is 0 Å². The van der Waals surface area contributed by atoms with Gasteiger partial charge in [0.15, 0.2) is 0 Å². The van der Waals surface area contributed by atoms with Crippen LogP contribution in [0.4, 0.5) is 0 Å². The van der Waals surface area contributed by atoms with Gasteiger partial charge >= 0.3 is 5.97 Å². The highest BCUT2D eigenvalue weighted by Crippen LogP contribution is 2.06. The van der Waals surface area contributed by atoms with E-state index < -0.39 is 0 Å². The number of esters is 1. The van der Waals surface area contributed by atoms with Gasteiger partial charge < -0.3 is 15.2 Å². The Hall–Kier alpha value is -0.320. The minimum atomic E-state index is -0.296. The zero-order valence-corrected chi connectivity index (χ0v) is 7.02. The van der Waals surface area contributed by atoms with Gasteiger partial charge in [0.1, 0.15) is 6.04 Å². The van der Waals surface area contributed by atoms with Crippen molar-refractivity contribution in [2.45, 2.75) is 18.6 Å². The quantitative estimate of drug-likeness (QED) is 0.555. The molecule has 1 heterocycles. The maximum absolute atomic E-state index is 10.9. The second kappa shape index (κ2) is 4.54. The zero-order chi connectivity index (χ0) is 8.27. The van der Waals surface area contributed by atoms with Crippen LogP contribution in [0, 0.1) is 0 Å². The number of hydrogen-bond acceptors (Lipinski definition) is 4. The molecule has 66 valence electrons. The molecule has 2 atom stereocenters. The van der Waals surface area contributed by atoms with Gasteiger partial charge in [-0.15, -0.1) is 12.4 Å². The molecule has 4 nitrogen and oxygen atoms in total. The Morgan fingerprint density at radius 2 is 2.64 bits per heavy atom. The molecule has 5 heteroatoms. The summed E-state index contributed by atoms with van der Waals surface area (Å²) in [4.78, 5) is 10.9. The molecule has 0 aromatic carbocycles. The number of nitrogens with one attached hydrogen (secondary N) is 1. The predicted octanol–water partition coefficient (Wildman–Crippen LogP) is -0.696. The largest absolute Gasteiger partial charge is 0.468 e. The molecule has 0 unspecified atom stereocenters. The van der Waals surface area contributed by atoms with E-state index in [4.69, 9.17) is 1.43 Å². The van der Waals surface area contributed by atoms with Gasteiger partial charge in [-0.2, -0.15) is 0 Å². The molecule has 11 heavy (non-hydrogen) atoms. The van der Waals surface area contributed by atoms with Crippen molar-refractivity contribution in [1.29, 1.82) is 1.43 Å². The number of aliphatic hydroxyl groups is 1. The van der Waals surface area contributed by atoms with E-state index in [9.17, 15) is 4.79 Å². The Kier molecular flexibility index (Phi) is 3.62. The van der Waals surface area contributed by atoms with Gasteiger partial charge in [0.2, 0.25) is 1.43 Å². The molecule has 0 bridgehead atoms. The molecule has 0 aromatic heterocycles. The Morgan fingerprint density at radius 1 is 1.91 bits per heavy atom. The average Bonchev–Trinajstić information content (AvgIpc) is 2.50. The van der Waals surface area contributed by atoms with Crippen LogP contribution in [0.3, 0.4) is 0 Å². The normalized spacial score (nSPS) is 30.5. The Morgan fingerprint density at radius 3 is 3.09 bits per heavy atom. The number of methoxy groups -OCH3 is 1. The van der Waals surface area contributed by atoms with Crippen LogP contribution >= 0.6 is 12.4 Å². The van der Waals surface area contributed by atoms with Crippen LogP contribution in [-0.4, -0.2) is 38.3 Å². The predicted molar refractivity (Wildman–Crippen MR) is 41.7 cm³/mol. The monoisotopic (exact) mass is 182 g/mol. The highest BCUT2D eigenvalue weighted by Gasteiger charge is 2.28. The van der Waals surface area contributed by atoms with Gasteiger partial charge in [0.25, 0.3) is 0 Å². The summed E-state index contributed by atoms with van der Waals surface area (Å²) in [5.74, 6) is -0.287. The van der Waals surface area contributed by atoms with E-state index in [1.165, 1.54) is 7.11 Å². The van der Waals surface area contributed by atoms with Gasteiger partial charge in [0.05, 0.1) is 13.2 Å². The number of carbonyl (C=O) groups excluding carboxylic acids is 1. The fourth-order valence-electron chi connectivity index (χ4n) is 1.03. The summed E-state index contributed by atoms with van der Waals surface area (Å²) >= 11 is 0. The summed E-state index contributed by atoms with van der Waals surface area (Å²) < 4.78 is 11.1. The first-order chi connectivity index (χ1) is 5.27. The number of halogens is 1. The highest BCUT2D eigenvalue weighted by molar-refractivity contribution is 5.85. The van der Waals surface area contributed by atoms with Crippen molar-refractivity contribution in [2.75, 3.05) is 13.7 Å². The van der Waals surface area contributed by atoms with Crippen LogP contribution in [0.1, 0.15) is 6.42 Å². The van der Waals surface area contributed by atoms with Gasteiger partial charge in [-0.05, 0) is 0 Å². The maximum Gasteiger partial charge on any atom is 0.322 e. The molecule has 1 fully saturated rings. The molecular formula is C6H12ClNO3. The highest BCUT2D eigenvalue weighted by atomic mass is 35.5. The lowest BCUT2D eigenvalue weighted by atomic mass is 10.2. The maximum atomic E-state index is 10.9. The lowest BCUT2D eigenvalue weighted by Crippen LogP contribution is -2.31. The zero-order valence-electron chi connectivity index (χ0n) is 7.20. The minimum Gasteiger partial charge on any atom is -0.468 e. The van der Waals surface area contributed by atoms with Crippen molar-refractivity contribution in [3.63, 3.8) is 0 Å². The molecule has 1 aliphatic heterocycles. The summed E-state index contributed by atoms with van der Waals surface area (Å²) in [5.41, 5.74) is 0. The van der Waals surface area contributed by atoms with Crippen molar-refractivity contribution in [2.24, 2.45) is 0 Å². The van der Waals surface area contributed by atoms with E-state index in [-0.39, 0.29) is 30.5 Å². The van der Waals surface area contributed by atoms with E-state index in [1.807, 2.05) is 0 Å². The lowest BCUT2D eigenvalue weighted by molar-refractivity contribution is -0.142. The molecule has 0 aromatic rings. The second-order valence-corrected chi connectivity index (χ2v) is 2.34. The van der Waals surface area contributed by atoms with E-state index in [2.05, 4.69) is 15.2 Å². The number of hydrogen-bond donors (Lipinski definition) is 2. The average molecular weight is 183 g/mol. The Balaban J connectivity index is 0.00000121. The molecule has 1 rings (SSSR count). The number of β-amino-alcohol motifs (C(OH)–C–C–N with tert-alkyl or cyclic N) is 1. The van der Waals surface area contributed by atoms with E-state index in [1.54, 1.807) is 0 Å². The summed E-state index contributed by atoms with van der Waals surface area (Å²) in [6.07, 6.45) is 0.343. The lowest BCUT2D eigenvalue weighted by Gasteiger charge is -2.05. The standard InChI is InChI=1S/C6H11NO3.ClH/c1-10-6(9)5-2-4(8)3-7-5;/h4-5,7-8H,2-3H2,1H3;1H/t4-,5-;/m0./s1/i8D;. The summed E-state index contributed by atoms with van der Waals surface area (Å²) in [7, 11) is 1.35. The SMILES string of the molecule is Cl.[2H]O[C@@H]1CN[C@H](C(=O)OC)C1. The summed E-state index contributed by atoms with van der Waals surface area (Å²) in [5, 5.41) is 7.20. The van der Waals surface area contributed by atoms with Crippen molar-refractivity contribution in [1.82, 2.24) is 5.32 Å². The molecule has 1 aliphatic rings. The van der Waals surface area contributed by atoms with Crippen molar-refractivity contribution in [3.05, 3.63) is 0 Å². The van der Waals surface area contributed by atoms with Crippen LogP contribution in [0.25, 0.3) is 0 Å². The number of rotatable bonds is 2. The Bertz CT molecular complexity index is 158. The number of ether oxygens (including phenoxy) is 1.